The van der Waals surface area contributed by atoms with Gasteiger partial charge in [-0.3, -0.25) is 4.98 Å². The zero-order valence-electron chi connectivity index (χ0n) is 8.66. The molecule has 82 valence electrons. The van der Waals surface area contributed by atoms with Gasteiger partial charge in [-0.15, -0.1) is 11.6 Å². The number of rotatable bonds is 3. The van der Waals surface area contributed by atoms with Gasteiger partial charge in [0.25, 0.3) is 0 Å². The molecule has 1 aromatic carbocycles. The van der Waals surface area contributed by atoms with Gasteiger partial charge < -0.3 is 0 Å². The fourth-order valence-electron chi connectivity index (χ4n) is 1.55. The van der Waals surface area contributed by atoms with E-state index in [2.05, 4.69) is 11.1 Å². The van der Waals surface area contributed by atoms with Gasteiger partial charge in [-0.05, 0) is 35.2 Å². The summed E-state index contributed by atoms with van der Waals surface area (Å²) >= 11 is 11.6. The topological polar surface area (TPSA) is 12.9 Å². The standard InChI is InChI=1S/C13H11Cl2N/c14-7-12-6-11(8-16-9-12)5-10-1-3-13(15)4-2-10/h1-4,6,8-9H,5,7H2. The summed E-state index contributed by atoms with van der Waals surface area (Å²) in [6.07, 6.45) is 4.51. The van der Waals surface area contributed by atoms with Gasteiger partial charge in [-0.1, -0.05) is 29.8 Å². The highest BCUT2D eigenvalue weighted by Gasteiger charge is 1.98. The first kappa shape index (κ1) is 11.4. The lowest BCUT2D eigenvalue weighted by molar-refractivity contribution is 1.12. The van der Waals surface area contributed by atoms with Crippen molar-refractivity contribution in [1.82, 2.24) is 4.98 Å². The predicted octanol–water partition coefficient (Wildman–Crippen LogP) is 4.06. The van der Waals surface area contributed by atoms with Crippen LogP contribution in [0.25, 0.3) is 0 Å². The van der Waals surface area contributed by atoms with Crippen LogP contribution in [0.5, 0.6) is 0 Å². The summed E-state index contributed by atoms with van der Waals surface area (Å²) in [7, 11) is 0. The van der Waals surface area contributed by atoms with Crippen LogP contribution < -0.4 is 0 Å². The molecule has 0 N–H and O–H groups in total. The summed E-state index contributed by atoms with van der Waals surface area (Å²) in [5.74, 6) is 0.501. The SMILES string of the molecule is ClCc1cncc(Cc2ccc(Cl)cc2)c1. The molecule has 0 atom stereocenters. The minimum atomic E-state index is 0.501. The van der Waals surface area contributed by atoms with Gasteiger partial charge in [0.05, 0.1) is 0 Å². The third-order valence-electron chi connectivity index (χ3n) is 2.33. The maximum atomic E-state index is 5.83. The molecule has 0 aliphatic heterocycles. The van der Waals surface area contributed by atoms with Crippen LogP contribution in [0.1, 0.15) is 16.7 Å². The minimum absolute atomic E-state index is 0.501. The van der Waals surface area contributed by atoms with E-state index in [1.807, 2.05) is 30.5 Å². The highest BCUT2D eigenvalue weighted by Crippen LogP contribution is 2.14. The zero-order chi connectivity index (χ0) is 11.4. The first-order chi connectivity index (χ1) is 7.78. The summed E-state index contributed by atoms with van der Waals surface area (Å²) in [6, 6.07) is 9.92. The number of hydrogen-bond donors (Lipinski definition) is 0. The Balaban J connectivity index is 2.16. The van der Waals surface area contributed by atoms with E-state index in [9.17, 15) is 0 Å². The van der Waals surface area contributed by atoms with E-state index in [0.29, 0.717) is 5.88 Å². The van der Waals surface area contributed by atoms with Crippen molar-refractivity contribution in [2.24, 2.45) is 0 Å². The molecular weight excluding hydrogens is 241 g/mol. The lowest BCUT2D eigenvalue weighted by Gasteiger charge is -2.03. The highest BCUT2D eigenvalue weighted by molar-refractivity contribution is 6.30. The Labute approximate surface area is 105 Å². The molecule has 0 amide bonds. The van der Waals surface area contributed by atoms with Gasteiger partial charge in [-0.2, -0.15) is 0 Å². The first-order valence-corrected chi connectivity index (χ1v) is 5.92. The fraction of sp³-hybridized carbons (Fsp3) is 0.154. The van der Waals surface area contributed by atoms with Crippen LogP contribution in [0.3, 0.4) is 0 Å². The fourth-order valence-corrected chi connectivity index (χ4v) is 1.82. The van der Waals surface area contributed by atoms with E-state index in [1.165, 1.54) is 11.1 Å². The van der Waals surface area contributed by atoms with Crippen molar-refractivity contribution in [2.45, 2.75) is 12.3 Å². The molecule has 0 saturated heterocycles. The maximum absolute atomic E-state index is 5.83. The maximum Gasteiger partial charge on any atom is 0.0489 e. The largest absolute Gasteiger partial charge is 0.264 e. The molecule has 0 fully saturated rings. The molecule has 0 aliphatic carbocycles. The van der Waals surface area contributed by atoms with E-state index in [0.717, 1.165) is 17.0 Å². The lowest BCUT2D eigenvalue weighted by atomic mass is 10.1. The monoisotopic (exact) mass is 251 g/mol. The van der Waals surface area contributed by atoms with Gasteiger partial charge in [0.2, 0.25) is 0 Å². The van der Waals surface area contributed by atoms with Crippen LogP contribution in [0.4, 0.5) is 0 Å². The van der Waals surface area contributed by atoms with Crippen LogP contribution in [-0.2, 0) is 12.3 Å². The first-order valence-electron chi connectivity index (χ1n) is 5.01. The molecule has 1 heterocycles. The Hall–Kier alpha value is -1.05. The predicted molar refractivity (Wildman–Crippen MR) is 68.1 cm³/mol. The van der Waals surface area contributed by atoms with Crippen molar-refractivity contribution in [3.8, 4) is 0 Å². The summed E-state index contributed by atoms with van der Waals surface area (Å²) in [4.78, 5) is 4.16. The van der Waals surface area contributed by atoms with Gasteiger partial charge in [0, 0.05) is 23.3 Å². The van der Waals surface area contributed by atoms with E-state index in [4.69, 9.17) is 23.2 Å². The molecule has 0 spiro atoms. The molecular formula is C13H11Cl2N. The molecule has 0 aliphatic rings. The molecule has 0 bridgehead atoms. The molecule has 16 heavy (non-hydrogen) atoms. The highest BCUT2D eigenvalue weighted by atomic mass is 35.5. The quantitative estimate of drug-likeness (QED) is 0.750. The van der Waals surface area contributed by atoms with Crippen molar-refractivity contribution in [1.29, 1.82) is 0 Å². The van der Waals surface area contributed by atoms with Crippen LogP contribution in [0.15, 0.2) is 42.7 Å². The van der Waals surface area contributed by atoms with Crippen LogP contribution in [0, 0.1) is 0 Å². The zero-order valence-corrected chi connectivity index (χ0v) is 10.2. The van der Waals surface area contributed by atoms with Crippen molar-refractivity contribution in [3.63, 3.8) is 0 Å². The van der Waals surface area contributed by atoms with Gasteiger partial charge in [0.1, 0.15) is 0 Å². The molecule has 0 radical (unpaired) electrons. The minimum Gasteiger partial charge on any atom is -0.264 e. The van der Waals surface area contributed by atoms with E-state index in [-0.39, 0.29) is 0 Å². The average molecular weight is 252 g/mol. The Morgan fingerprint density at radius 3 is 2.31 bits per heavy atom. The second-order valence-electron chi connectivity index (χ2n) is 3.64. The van der Waals surface area contributed by atoms with E-state index < -0.39 is 0 Å². The normalized spacial score (nSPS) is 10.4. The Morgan fingerprint density at radius 1 is 0.938 bits per heavy atom. The number of aromatic nitrogens is 1. The van der Waals surface area contributed by atoms with Crippen molar-refractivity contribution in [2.75, 3.05) is 0 Å². The Kier molecular flexibility index (Phi) is 3.81. The van der Waals surface area contributed by atoms with Gasteiger partial charge >= 0.3 is 0 Å². The number of pyridine rings is 1. The molecule has 0 saturated carbocycles. The second-order valence-corrected chi connectivity index (χ2v) is 4.34. The number of halogens is 2. The van der Waals surface area contributed by atoms with Crippen molar-refractivity contribution < 1.29 is 0 Å². The third kappa shape index (κ3) is 2.97. The second kappa shape index (κ2) is 5.33. The van der Waals surface area contributed by atoms with Gasteiger partial charge in [0.15, 0.2) is 0 Å². The van der Waals surface area contributed by atoms with E-state index >= 15 is 0 Å². The average Bonchev–Trinajstić information content (AvgIpc) is 2.32. The van der Waals surface area contributed by atoms with Gasteiger partial charge in [-0.25, -0.2) is 0 Å². The summed E-state index contributed by atoms with van der Waals surface area (Å²) < 4.78 is 0. The molecule has 3 heteroatoms. The van der Waals surface area contributed by atoms with Crippen molar-refractivity contribution in [3.05, 3.63) is 64.4 Å². The van der Waals surface area contributed by atoms with Crippen molar-refractivity contribution >= 4 is 23.2 Å². The van der Waals surface area contributed by atoms with Crippen LogP contribution in [0.2, 0.25) is 5.02 Å². The Morgan fingerprint density at radius 2 is 1.62 bits per heavy atom. The summed E-state index contributed by atoms with van der Waals surface area (Å²) in [5, 5.41) is 0.761. The molecule has 1 nitrogen and oxygen atoms in total. The number of nitrogens with zero attached hydrogens (tertiary/aromatic N) is 1. The summed E-state index contributed by atoms with van der Waals surface area (Å²) in [6.45, 7) is 0. The van der Waals surface area contributed by atoms with E-state index in [1.54, 1.807) is 6.20 Å². The molecule has 1 aromatic heterocycles. The lowest BCUT2D eigenvalue weighted by Crippen LogP contribution is -1.91. The number of benzene rings is 1. The number of hydrogen-bond acceptors (Lipinski definition) is 1. The Bertz CT molecular complexity index is 466. The molecule has 2 aromatic rings. The van der Waals surface area contributed by atoms with Crippen LogP contribution in [-0.4, -0.2) is 4.98 Å². The number of alkyl halides is 1. The molecule has 0 unspecified atom stereocenters. The smallest absolute Gasteiger partial charge is 0.0489 e. The molecule has 2 rings (SSSR count). The third-order valence-corrected chi connectivity index (χ3v) is 2.89. The van der Waals surface area contributed by atoms with Crippen LogP contribution >= 0.6 is 23.2 Å². The summed E-state index contributed by atoms with van der Waals surface area (Å²) in [5.41, 5.74) is 3.44.